The predicted octanol–water partition coefficient (Wildman–Crippen LogP) is 4.00. The van der Waals surface area contributed by atoms with Crippen LogP contribution in [0, 0.1) is 6.92 Å². The van der Waals surface area contributed by atoms with Crippen molar-refractivity contribution in [2.75, 3.05) is 6.54 Å². The Bertz CT molecular complexity index is 476. The van der Waals surface area contributed by atoms with Crippen molar-refractivity contribution >= 4 is 22.9 Å². The van der Waals surface area contributed by atoms with Crippen molar-refractivity contribution in [2.45, 2.75) is 26.3 Å². The number of aromatic nitrogens is 1. The predicted molar refractivity (Wildman–Crippen MR) is 78.4 cm³/mol. The Labute approximate surface area is 117 Å². The molecule has 2 rings (SSSR count). The van der Waals surface area contributed by atoms with Crippen LogP contribution in [0.1, 0.15) is 29.1 Å². The SMILES string of the molecule is CCNC(Cc1nccs1)c1cc(C)cc(Cl)c1. The number of hydrogen-bond acceptors (Lipinski definition) is 3. The molecule has 2 nitrogen and oxygen atoms in total. The Morgan fingerprint density at radius 3 is 2.83 bits per heavy atom. The average molecular weight is 281 g/mol. The maximum absolute atomic E-state index is 6.14. The summed E-state index contributed by atoms with van der Waals surface area (Å²) in [5.41, 5.74) is 2.43. The first-order valence-corrected chi connectivity index (χ1v) is 7.33. The Kier molecular flexibility index (Phi) is 4.75. The van der Waals surface area contributed by atoms with Crippen molar-refractivity contribution in [3.8, 4) is 0 Å². The van der Waals surface area contributed by atoms with Crippen LogP contribution in [0.2, 0.25) is 5.02 Å². The first kappa shape index (κ1) is 13.5. The fourth-order valence-corrected chi connectivity index (χ4v) is 3.01. The molecule has 0 radical (unpaired) electrons. The van der Waals surface area contributed by atoms with Crippen molar-refractivity contribution in [2.24, 2.45) is 0 Å². The van der Waals surface area contributed by atoms with Gasteiger partial charge in [0.1, 0.15) is 0 Å². The minimum Gasteiger partial charge on any atom is -0.310 e. The number of hydrogen-bond donors (Lipinski definition) is 1. The van der Waals surface area contributed by atoms with Gasteiger partial charge in [-0.2, -0.15) is 0 Å². The quantitative estimate of drug-likeness (QED) is 0.895. The van der Waals surface area contributed by atoms with Crippen LogP contribution < -0.4 is 5.32 Å². The second-order valence-corrected chi connectivity index (χ2v) is 5.72. The fourth-order valence-electron chi connectivity index (χ4n) is 2.05. The van der Waals surface area contributed by atoms with E-state index in [1.807, 2.05) is 23.7 Å². The zero-order chi connectivity index (χ0) is 13.0. The van der Waals surface area contributed by atoms with Crippen molar-refractivity contribution in [3.63, 3.8) is 0 Å². The maximum atomic E-state index is 6.14. The molecule has 0 fully saturated rings. The van der Waals surface area contributed by atoms with E-state index in [9.17, 15) is 0 Å². The summed E-state index contributed by atoms with van der Waals surface area (Å²) in [5.74, 6) is 0. The summed E-state index contributed by atoms with van der Waals surface area (Å²) >= 11 is 7.83. The number of likely N-dealkylation sites (N-methyl/N-ethyl adjacent to an activating group) is 1. The molecule has 1 N–H and O–H groups in total. The maximum Gasteiger partial charge on any atom is 0.0943 e. The number of benzene rings is 1. The average Bonchev–Trinajstić information content (AvgIpc) is 2.80. The Morgan fingerprint density at radius 2 is 2.22 bits per heavy atom. The van der Waals surface area contributed by atoms with Crippen LogP contribution in [-0.2, 0) is 6.42 Å². The molecule has 1 atom stereocenters. The van der Waals surface area contributed by atoms with Crippen LogP contribution in [0.25, 0.3) is 0 Å². The van der Waals surface area contributed by atoms with E-state index >= 15 is 0 Å². The lowest BCUT2D eigenvalue weighted by Crippen LogP contribution is -2.23. The second kappa shape index (κ2) is 6.32. The van der Waals surface area contributed by atoms with E-state index in [1.165, 1.54) is 11.1 Å². The van der Waals surface area contributed by atoms with Gasteiger partial charge in [0.05, 0.1) is 5.01 Å². The van der Waals surface area contributed by atoms with Gasteiger partial charge in [0.25, 0.3) is 0 Å². The van der Waals surface area contributed by atoms with E-state index in [0.29, 0.717) is 0 Å². The molecular formula is C14H17ClN2S. The number of aryl methyl sites for hydroxylation is 1. The molecule has 1 heterocycles. The third-order valence-electron chi connectivity index (χ3n) is 2.78. The largest absolute Gasteiger partial charge is 0.310 e. The van der Waals surface area contributed by atoms with Gasteiger partial charge in [0.15, 0.2) is 0 Å². The van der Waals surface area contributed by atoms with Gasteiger partial charge in [-0.15, -0.1) is 11.3 Å². The highest BCUT2D eigenvalue weighted by atomic mass is 35.5. The lowest BCUT2D eigenvalue weighted by Gasteiger charge is -2.18. The molecule has 0 saturated carbocycles. The van der Waals surface area contributed by atoms with Crippen LogP contribution in [0.4, 0.5) is 0 Å². The number of rotatable bonds is 5. The normalized spacial score (nSPS) is 12.6. The van der Waals surface area contributed by atoms with E-state index in [0.717, 1.165) is 23.0 Å². The molecule has 96 valence electrons. The van der Waals surface area contributed by atoms with Gasteiger partial charge < -0.3 is 5.32 Å². The molecule has 1 aromatic heterocycles. The highest BCUT2D eigenvalue weighted by Gasteiger charge is 2.13. The Balaban J connectivity index is 2.23. The van der Waals surface area contributed by atoms with Crippen molar-refractivity contribution in [3.05, 3.63) is 50.9 Å². The molecule has 0 saturated heterocycles. The fraction of sp³-hybridized carbons (Fsp3) is 0.357. The second-order valence-electron chi connectivity index (χ2n) is 4.30. The zero-order valence-electron chi connectivity index (χ0n) is 10.6. The minimum absolute atomic E-state index is 0.276. The lowest BCUT2D eigenvalue weighted by molar-refractivity contribution is 0.548. The summed E-state index contributed by atoms with van der Waals surface area (Å²) < 4.78 is 0. The zero-order valence-corrected chi connectivity index (χ0v) is 12.2. The van der Waals surface area contributed by atoms with Crippen LogP contribution in [0.5, 0.6) is 0 Å². The number of nitrogens with one attached hydrogen (secondary N) is 1. The summed E-state index contributed by atoms with van der Waals surface area (Å²) in [6, 6.07) is 6.48. The van der Waals surface area contributed by atoms with Gasteiger partial charge in [0.2, 0.25) is 0 Å². The number of nitrogens with zero attached hydrogens (tertiary/aromatic N) is 1. The molecule has 1 unspecified atom stereocenters. The van der Waals surface area contributed by atoms with Crippen LogP contribution >= 0.6 is 22.9 Å². The monoisotopic (exact) mass is 280 g/mol. The highest BCUT2D eigenvalue weighted by molar-refractivity contribution is 7.09. The summed E-state index contributed by atoms with van der Waals surface area (Å²) in [4.78, 5) is 4.35. The first-order valence-electron chi connectivity index (χ1n) is 6.08. The van der Waals surface area contributed by atoms with Gasteiger partial charge in [-0.05, 0) is 36.7 Å². The topological polar surface area (TPSA) is 24.9 Å². The Hall–Kier alpha value is -0.900. The first-order chi connectivity index (χ1) is 8.69. The molecule has 0 aliphatic rings. The summed E-state index contributed by atoms with van der Waals surface area (Å²) in [5, 5.41) is 7.46. The smallest absolute Gasteiger partial charge is 0.0943 e. The molecule has 0 aliphatic carbocycles. The molecule has 0 amide bonds. The van der Waals surface area contributed by atoms with E-state index in [4.69, 9.17) is 11.6 Å². The van der Waals surface area contributed by atoms with Crippen LogP contribution in [0.15, 0.2) is 29.8 Å². The number of halogens is 1. The summed E-state index contributed by atoms with van der Waals surface area (Å²) in [6.45, 7) is 5.12. The molecule has 0 spiro atoms. The lowest BCUT2D eigenvalue weighted by atomic mass is 10.0. The third-order valence-corrected chi connectivity index (χ3v) is 3.80. The molecule has 4 heteroatoms. The van der Waals surface area contributed by atoms with Crippen molar-refractivity contribution in [1.29, 1.82) is 0 Å². The van der Waals surface area contributed by atoms with Crippen LogP contribution in [-0.4, -0.2) is 11.5 Å². The molecule has 0 aliphatic heterocycles. The Morgan fingerprint density at radius 1 is 1.39 bits per heavy atom. The van der Waals surface area contributed by atoms with E-state index in [-0.39, 0.29) is 6.04 Å². The molecular weight excluding hydrogens is 264 g/mol. The van der Waals surface area contributed by atoms with Crippen molar-refractivity contribution in [1.82, 2.24) is 10.3 Å². The minimum atomic E-state index is 0.276. The van der Waals surface area contributed by atoms with Gasteiger partial charge in [0, 0.05) is 29.1 Å². The van der Waals surface area contributed by atoms with Crippen molar-refractivity contribution < 1.29 is 0 Å². The van der Waals surface area contributed by atoms with Gasteiger partial charge in [-0.3, -0.25) is 0 Å². The van der Waals surface area contributed by atoms with Crippen LogP contribution in [0.3, 0.4) is 0 Å². The number of thiazole rings is 1. The molecule has 2 aromatic rings. The van der Waals surface area contributed by atoms with Gasteiger partial charge in [-0.1, -0.05) is 24.6 Å². The highest BCUT2D eigenvalue weighted by Crippen LogP contribution is 2.24. The van der Waals surface area contributed by atoms with E-state index in [1.54, 1.807) is 11.3 Å². The summed E-state index contributed by atoms with van der Waals surface area (Å²) in [7, 11) is 0. The van der Waals surface area contributed by atoms with E-state index in [2.05, 4.69) is 30.2 Å². The molecule has 1 aromatic carbocycles. The third kappa shape index (κ3) is 3.55. The standard InChI is InChI=1S/C14H17ClN2S/c1-3-16-13(9-14-17-4-5-18-14)11-6-10(2)7-12(15)8-11/h4-8,13,16H,3,9H2,1-2H3. The molecule has 18 heavy (non-hydrogen) atoms. The van der Waals surface area contributed by atoms with Gasteiger partial charge >= 0.3 is 0 Å². The molecule has 0 bridgehead atoms. The van der Waals surface area contributed by atoms with E-state index < -0.39 is 0 Å². The van der Waals surface area contributed by atoms with Gasteiger partial charge in [-0.25, -0.2) is 4.98 Å². The summed E-state index contributed by atoms with van der Waals surface area (Å²) in [6.07, 6.45) is 2.76.